The largest absolute Gasteiger partial charge is 0.481 e. The van der Waals surface area contributed by atoms with Crippen LogP contribution in [0.1, 0.15) is 5.56 Å². The van der Waals surface area contributed by atoms with Crippen molar-refractivity contribution in [3.05, 3.63) is 53.8 Å². The number of nitrogens with zero attached hydrogens (tertiary/aromatic N) is 2. The molecule has 2 aromatic carbocycles. The average molecular weight is 413 g/mol. The van der Waals surface area contributed by atoms with Gasteiger partial charge in [0.15, 0.2) is 6.61 Å². The Labute approximate surface area is 174 Å². The van der Waals surface area contributed by atoms with E-state index in [-0.39, 0.29) is 30.7 Å². The lowest BCUT2D eigenvalue weighted by molar-refractivity contribution is -0.121. The van der Waals surface area contributed by atoms with Crippen LogP contribution in [0.2, 0.25) is 0 Å². The molecule has 2 heterocycles. The van der Waals surface area contributed by atoms with Gasteiger partial charge >= 0.3 is 0 Å². The summed E-state index contributed by atoms with van der Waals surface area (Å²) in [4.78, 5) is 28.7. The quantitative estimate of drug-likeness (QED) is 0.785. The van der Waals surface area contributed by atoms with Crippen molar-refractivity contribution in [3.8, 4) is 5.75 Å². The summed E-state index contributed by atoms with van der Waals surface area (Å²) in [7, 11) is 0. The molecule has 2 aliphatic rings. The topological polar surface area (TPSA) is 71.1 Å². The molecule has 0 saturated carbocycles. The second-order valence-corrected chi connectivity index (χ2v) is 7.32. The van der Waals surface area contributed by atoms with E-state index in [1.54, 1.807) is 35.2 Å². The monoisotopic (exact) mass is 413 g/mol. The fourth-order valence-electron chi connectivity index (χ4n) is 3.59. The van der Waals surface area contributed by atoms with Crippen molar-refractivity contribution in [2.45, 2.75) is 6.42 Å². The summed E-state index contributed by atoms with van der Waals surface area (Å²) in [5.74, 6) is -0.0589. The first kappa shape index (κ1) is 20.3. The number of carbonyl (C=O) groups is 2. The number of benzene rings is 2. The molecule has 2 amide bonds. The third kappa shape index (κ3) is 4.95. The molecular weight excluding hydrogens is 389 g/mol. The van der Waals surface area contributed by atoms with Crippen LogP contribution in [0.3, 0.4) is 0 Å². The number of fused-ring (bicyclic) bond motifs is 1. The first-order valence-electron chi connectivity index (χ1n) is 10.00. The lowest BCUT2D eigenvalue weighted by atomic mass is 10.1. The molecule has 0 spiro atoms. The number of hydrogen-bond donors (Lipinski definition) is 1. The van der Waals surface area contributed by atoms with Crippen LogP contribution < -0.4 is 15.0 Å². The minimum absolute atomic E-state index is 0.0247. The summed E-state index contributed by atoms with van der Waals surface area (Å²) in [6.45, 7) is 4.48. The molecule has 4 rings (SSSR count). The van der Waals surface area contributed by atoms with E-state index in [1.165, 1.54) is 12.1 Å². The van der Waals surface area contributed by atoms with Gasteiger partial charge in [0.2, 0.25) is 5.91 Å². The fourth-order valence-corrected chi connectivity index (χ4v) is 3.59. The van der Waals surface area contributed by atoms with Gasteiger partial charge in [-0.3, -0.25) is 14.5 Å². The van der Waals surface area contributed by atoms with Crippen LogP contribution in [0.15, 0.2) is 42.5 Å². The van der Waals surface area contributed by atoms with Gasteiger partial charge in [0.1, 0.15) is 11.6 Å². The average Bonchev–Trinajstić information content (AvgIpc) is 2.75. The summed E-state index contributed by atoms with van der Waals surface area (Å²) < 4.78 is 24.0. The van der Waals surface area contributed by atoms with Crippen molar-refractivity contribution in [2.24, 2.45) is 0 Å². The van der Waals surface area contributed by atoms with Gasteiger partial charge in [-0.15, -0.1) is 0 Å². The van der Waals surface area contributed by atoms with E-state index < -0.39 is 0 Å². The standard InChI is InChI=1S/C22H24FN3O4/c23-17-3-1-16(2-4-17)13-21(27)24-18-5-6-19-20(14-18)30-15-22(28)26(19)8-7-25-9-11-29-12-10-25/h1-6,14H,7-13,15H2,(H,24,27). The maximum atomic E-state index is 13.0. The molecule has 0 bridgehead atoms. The summed E-state index contributed by atoms with van der Waals surface area (Å²) in [5, 5.41) is 2.83. The highest BCUT2D eigenvalue weighted by atomic mass is 19.1. The van der Waals surface area contributed by atoms with Gasteiger partial charge < -0.3 is 19.7 Å². The number of amides is 2. The third-order valence-corrected chi connectivity index (χ3v) is 5.21. The molecule has 158 valence electrons. The van der Waals surface area contributed by atoms with Crippen molar-refractivity contribution in [1.29, 1.82) is 0 Å². The van der Waals surface area contributed by atoms with Crippen LogP contribution in [-0.2, 0) is 20.7 Å². The Balaban J connectivity index is 1.39. The van der Waals surface area contributed by atoms with Gasteiger partial charge in [0.05, 0.1) is 25.3 Å². The number of rotatable bonds is 6. The van der Waals surface area contributed by atoms with Gasteiger partial charge in [0.25, 0.3) is 5.91 Å². The summed E-state index contributed by atoms with van der Waals surface area (Å²) in [5.41, 5.74) is 2.02. The third-order valence-electron chi connectivity index (χ3n) is 5.21. The predicted molar refractivity (Wildman–Crippen MR) is 110 cm³/mol. The summed E-state index contributed by atoms with van der Waals surface area (Å²) in [6, 6.07) is 11.1. The number of carbonyl (C=O) groups excluding carboxylic acids is 2. The second-order valence-electron chi connectivity index (χ2n) is 7.32. The number of ether oxygens (including phenoxy) is 2. The second kappa shape index (κ2) is 9.23. The van der Waals surface area contributed by atoms with Crippen LogP contribution in [0.4, 0.5) is 15.8 Å². The zero-order valence-corrected chi connectivity index (χ0v) is 16.6. The Morgan fingerprint density at radius 3 is 2.60 bits per heavy atom. The van der Waals surface area contributed by atoms with Crippen molar-refractivity contribution >= 4 is 23.2 Å². The van der Waals surface area contributed by atoms with Crippen molar-refractivity contribution in [1.82, 2.24) is 4.90 Å². The molecule has 30 heavy (non-hydrogen) atoms. The summed E-state index contributed by atoms with van der Waals surface area (Å²) >= 11 is 0. The van der Waals surface area contributed by atoms with Crippen LogP contribution in [0.5, 0.6) is 5.75 Å². The van der Waals surface area contributed by atoms with E-state index in [4.69, 9.17) is 9.47 Å². The molecule has 8 heteroatoms. The Hall–Kier alpha value is -2.97. The Morgan fingerprint density at radius 1 is 1.07 bits per heavy atom. The smallest absolute Gasteiger partial charge is 0.265 e. The molecule has 0 aromatic heterocycles. The Morgan fingerprint density at radius 2 is 1.83 bits per heavy atom. The maximum absolute atomic E-state index is 13.0. The van der Waals surface area contributed by atoms with E-state index in [0.29, 0.717) is 36.9 Å². The molecule has 0 radical (unpaired) electrons. The van der Waals surface area contributed by atoms with Gasteiger partial charge in [-0.05, 0) is 29.8 Å². The highest BCUT2D eigenvalue weighted by Crippen LogP contribution is 2.34. The van der Waals surface area contributed by atoms with E-state index in [2.05, 4.69) is 10.2 Å². The van der Waals surface area contributed by atoms with Gasteiger partial charge in [-0.2, -0.15) is 0 Å². The molecule has 2 aliphatic heterocycles. The van der Waals surface area contributed by atoms with Gasteiger partial charge in [-0.1, -0.05) is 12.1 Å². The first-order chi connectivity index (χ1) is 14.6. The highest BCUT2D eigenvalue weighted by Gasteiger charge is 2.26. The van der Waals surface area contributed by atoms with Crippen LogP contribution >= 0.6 is 0 Å². The molecule has 1 N–H and O–H groups in total. The van der Waals surface area contributed by atoms with Crippen LogP contribution in [0.25, 0.3) is 0 Å². The normalized spacial score (nSPS) is 16.7. The zero-order chi connectivity index (χ0) is 20.9. The minimum atomic E-state index is -0.335. The number of morpholine rings is 1. The lowest BCUT2D eigenvalue weighted by Crippen LogP contribution is -2.45. The number of halogens is 1. The Kier molecular flexibility index (Phi) is 6.25. The van der Waals surface area contributed by atoms with Crippen LogP contribution in [-0.4, -0.2) is 62.7 Å². The molecule has 2 aromatic rings. The molecular formula is C22H24FN3O4. The van der Waals surface area contributed by atoms with E-state index in [1.807, 2.05) is 0 Å². The number of nitrogens with one attached hydrogen (secondary N) is 1. The lowest BCUT2D eigenvalue weighted by Gasteiger charge is -2.33. The van der Waals surface area contributed by atoms with Gasteiger partial charge in [0, 0.05) is 37.9 Å². The molecule has 1 saturated heterocycles. The Bertz CT molecular complexity index is 913. The maximum Gasteiger partial charge on any atom is 0.265 e. The predicted octanol–water partition coefficient (Wildman–Crippen LogP) is 2.06. The van der Waals surface area contributed by atoms with Gasteiger partial charge in [-0.25, -0.2) is 4.39 Å². The molecule has 0 unspecified atom stereocenters. The molecule has 7 nitrogen and oxygen atoms in total. The number of anilines is 2. The van der Waals surface area contributed by atoms with E-state index in [9.17, 15) is 14.0 Å². The van der Waals surface area contributed by atoms with E-state index >= 15 is 0 Å². The molecule has 0 aliphatic carbocycles. The molecule has 0 atom stereocenters. The number of hydrogen-bond acceptors (Lipinski definition) is 5. The summed E-state index contributed by atoms with van der Waals surface area (Å²) in [6.07, 6.45) is 0.141. The van der Waals surface area contributed by atoms with E-state index in [0.717, 1.165) is 25.2 Å². The first-order valence-corrected chi connectivity index (χ1v) is 10.00. The minimum Gasteiger partial charge on any atom is -0.481 e. The molecule has 1 fully saturated rings. The van der Waals surface area contributed by atoms with Crippen molar-refractivity contribution < 1.29 is 23.5 Å². The van der Waals surface area contributed by atoms with Crippen molar-refractivity contribution in [3.63, 3.8) is 0 Å². The van der Waals surface area contributed by atoms with Crippen molar-refractivity contribution in [2.75, 3.05) is 56.2 Å². The highest BCUT2D eigenvalue weighted by molar-refractivity contribution is 5.99. The zero-order valence-electron chi connectivity index (χ0n) is 16.6. The SMILES string of the molecule is O=C(Cc1ccc(F)cc1)Nc1ccc2c(c1)OCC(=O)N2CCN1CCOCC1. The van der Waals surface area contributed by atoms with Crippen LogP contribution in [0, 0.1) is 5.82 Å². The fraction of sp³-hybridized carbons (Fsp3) is 0.364.